The first-order chi connectivity index (χ1) is 9.34. The molecular weight excluding hydrogens is 238 g/mol. The molecule has 0 saturated carbocycles. The fraction of sp³-hybridized carbons (Fsp3) is 0.267. The van der Waals surface area contributed by atoms with Crippen LogP contribution in [0.25, 0.3) is 10.9 Å². The van der Waals surface area contributed by atoms with Crippen LogP contribution in [0.3, 0.4) is 0 Å². The van der Waals surface area contributed by atoms with E-state index in [0.29, 0.717) is 0 Å². The maximum atomic E-state index is 5.30. The minimum Gasteiger partial charge on any atom is -0.469 e. The molecule has 0 aliphatic heterocycles. The molecule has 1 N–H and O–H groups in total. The highest BCUT2D eigenvalue weighted by Crippen LogP contribution is 2.16. The molecule has 1 aromatic carbocycles. The lowest BCUT2D eigenvalue weighted by Crippen LogP contribution is -2.17. The number of furan rings is 1. The van der Waals surface area contributed by atoms with Crippen LogP contribution in [0.1, 0.15) is 11.5 Å². The van der Waals surface area contributed by atoms with Crippen molar-refractivity contribution in [2.24, 2.45) is 7.05 Å². The smallest absolute Gasteiger partial charge is 0.105 e. The second-order valence-electron chi connectivity index (χ2n) is 4.59. The van der Waals surface area contributed by atoms with E-state index in [0.717, 1.165) is 31.0 Å². The Morgan fingerprint density at radius 1 is 1.21 bits per heavy atom. The highest BCUT2D eigenvalue weighted by Gasteiger charge is 2.06. The van der Waals surface area contributed by atoms with E-state index < -0.39 is 0 Å². The predicted octanol–water partition coefficient (Wildman–Crippen LogP) is 2.50. The van der Waals surface area contributed by atoms with E-state index >= 15 is 0 Å². The predicted molar refractivity (Wildman–Crippen MR) is 74.8 cm³/mol. The lowest BCUT2D eigenvalue weighted by Gasteiger charge is -2.01. The zero-order valence-corrected chi connectivity index (χ0v) is 11.0. The Morgan fingerprint density at radius 3 is 2.95 bits per heavy atom. The Kier molecular flexibility index (Phi) is 3.33. The zero-order valence-electron chi connectivity index (χ0n) is 11.0. The van der Waals surface area contributed by atoms with Gasteiger partial charge in [0.15, 0.2) is 0 Å². The molecule has 0 saturated heterocycles. The van der Waals surface area contributed by atoms with Crippen molar-refractivity contribution < 1.29 is 4.42 Å². The Labute approximate surface area is 112 Å². The number of rotatable bonds is 5. The zero-order chi connectivity index (χ0) is 13.1. The van der Waals surface area contributed by atoms with E-state index in [1.807, 2.05) is 29.9 Å². The quantitative estimate of drug-likeness (QED) is 0.712. The summed E-state index contributed by atoms with van der Waals surface area (Å²) in [5, 5.41) is 9.18. The van der Waals surface area contributed by atoms with Crippen molar-refractivity contribution in [2.45, 2.75) is 13.0 Å². The van der Waals surface area contributed by atoms with Gasteiger partial charge in [-0.1, -0.05) is 18.2 Å². The highest BCUT2D eigenvalue weighted by atomic mass is 16.3. The maximum absolute atomic E-state index is 5.30. The molecule has 0 amide bonds. The molecule has 2 heterocycles. The van der Waals surface area contributed by atoms with Crippen molar-refractivity contribution in [3.8, 4) is 0 Å². The van der Waals surface area contributed by atoms with Gasteiger partial charge in [-0.2, -0.15) is 5.10 Å². The van der Waals surface area contributed by atoms with Gasteiger partial charge in [-0.15, -0.1) is 0 Å². The Morgan fingerprint density at radius 2 is 2.11 bits per heavy atom. The first-order valence-corrected chi connectivity index (χ1v) is 6.48. The normalized spacial score (nSPS) is 11.2. The molecular formula is C15H17N3O. The van der Waals surface area contributed by atoms with E-state index in [-0.39, 0.29) is 0 Å². The van der Waals surface area contributed by atoms with Crippen LogP contribution in [0.2, 0.25) is 0 Å². The fourth-order valence-corrected chi connectivity index (χ4v) is 2.29. The van der Waals surface area contributed by atoms with Gasteiger partial charge in [-0.25, -0.2) is 0 Å². The fourth-order valence-electron chi connectivity index (χ4n) is 2.29. The summed E-state index contributed by atoms with van der Waals surface area (Å²) in [6, 6.07) is 12.2. The Bertz CT molecular complexity index is 655. The first-order valence-electron chi connectivity index (χ1n) is 6.48. The van der Waals surface area contributed by atoms with Gasteiger partial charge in [-0.05, 0) is 18.2 Å². The molecule has 0 bridgehead atoms. The number of aromatic nitrogens is 2. The van der Waals surface area contributed by atoms with Crippen molar-refractivity contribution in [1.82, 2.24) is 15.1 Å². The Balaban J connectivity index is 1.62. The highest BCUT2D eigenvalue weighted by molar-refractivity contribution is 5.81. The lowest BCUT2D eigenvalue weighted by molar-refractivity contribution is 0.498. The third kappa shape index (κ3) is 2.53. The summed E-state index contributed by atoms with van der Waals surface area (Å²) >= 11 is 0. The van der Waals surface area contributed by atoms with Crippen LogP contribution in [0, 0.1) is 0 Å². The van der Waals surface area contributed by atoms with Crippen LogP contribution in [-0.4, -0.2) is 16.3 Å². The average molecular weight is 255 g/mol. The maximum Gasteiger partial charge on any atom is 0.105 e. The van der Waals surface area contributed by atoms with Crippen LogP contribution in [0.15, 0.2) is 47.1 Å². The summed E-state index contributed by atoms with van der Waals surface area (Å²) in [6.45, 7) is 1.67. The number of benzene rings is 1. The molecule has 0 aliphatic carbocycles. The number of fused-ring (bicyclic) bond motifs is 1. The van der Waals surface area contributed by atoms with Gasteiger partial charge in [0.1, 0.15) is 5.76 Å². The SMILES string of the molecule is Cn1nc(CNCCc2ccco2)c2ccccc21. The third-order valence-electron chi connectivity index (χ3n) is 3.26. The molecule has 4 heteroatoms. The van der Waals surface area contributed by atoms with Crippen LogP contribution in [-0.2, 0) is 20.0 Å². The molecule has 0 spiro atoms. The molecule has 0 aliphatic rings. The van der Waals surface area contributed by atoms with Crippen molar-refractivity contribution in [3.63, 3.8) is 0 Å². The summed E-state index contributed by atoms with van der Waals surface area (Å²) in [7, 11) is 1.98. The van der Waals surface area contributed by atoms with Crippen LogP contribution in [0.4, 0.5) is 0 Å². The molecule has 3 rings (SSSR count). The topological polar surface area (TPSA) is 43.0 Å². The van der Waals surface area contributed by atoms with E-state index in [1.165, 1.54) is 10.9 Å². The monoisotopic (exact) mass is 255 g/mol. The van der Waals surface area contributed by atoms with E-state index in [2.05, 4.69) is 28.6 Å². The third-order valence-corrected chi connectivity index (χ3v) is 3.26. The number of para-hydroxylation sites is 1. The molecule has 0 fully saturated rings. The van der Waals surface area contributed by atoms with E-state index in [4.69, 9.17) is 4.42 Å². The number of nitrogens with zero attached hydrogens (tertiary/aromatic N) is 2. The molecule has 0 unspecified atom stereocenters. The van der Waals surface area contributed by atoms with Crippen LogP contribution in [0.5, 0.6) is 0 Å². The summed E-state index contributed by atoms with van der Waals surface area (Å²) in [4.78, 5) is 0. The van der Waals surface area contributed by atoms with Crippen LogP contribution < -0.4 is 5.32 Å². The molecule has 19 heavy (non-hydrogen) atoms. The van der Waals surface area contributed by atoms with Crippen LogP contribution >= 0.6 is 0 Å². The number of nitrogens with one attached hydrogen (secondary N) is 1. The summed E-state index contributed by atoms with van der Waals surface area (Å²) in [5.41, 5.74) is 2.27. The van der Waals surface area contributed by atoms with Crippen molar-refractivity contribution in [1.29, 1.82) is 0 Å². The second kappa shape index (κ2) is 5.28. The molecule has 3 aromatic rings. The van der Waals surface area contributed by atoms with Crippen molar-refractivity contribution >= 4 is 10.9 Å². The lowest BCUT2D eigenvalue weighted by atomic mass is 10.2. The summed E-state index contributed by atoms with van der Waals surface area (Å²) in [6.07, 6.45) is 2.61. The van der Waals surface area contributed by atoms with Gasteiger partial charge in [0.25, 0.3) is 0 Å². The number of hydrogen-bond donors (Lipinski definition) is 1. The van der Waals surface area contributed by atoms with Gasteiger partial charge < -0.3 is 9.73 Å². The summed E-state index contributed by atoms with van der Waals surface area (Å²) in [5.74, 6) is 1.01. The Hall–Kier alpha value is -2.07. The molecule has 0 radical (unpaired) electrons. The largest absolute Gasteiger partial charge is 0.469 e. The van der Waals surface area contributed by atoms with Gasteiger partial charge in [0, 0.05) is 31.9 Å². The first kappa shape index (κ1) is 12.0. The van der Waals surface area contributed by atoms with Crippen molar-refractivity contribution in [2.75, 3.05) is 6.54 Å². The molecule has 2 aromatic heterocycles. The molecule has 98 valence electrons. The second-order valence-corrected chi connectivity index (χ2v) is 4.59. The summed E-state index contributed by atoms with van der Waals surface area (Å²) < 4.78 is 7.23. The van der Waals surface area contributed by atoms with Crippen molar-refractivity contribution in [3.05, 3.63) is 54.1 Å². The van der Waals surface area contributed by atoms with Gasteiger partial charge in [-0.3, -0.25) is 4.68 Å². The minimum absolute atomic E-state index is 0.780. The number of hydrogen-bond acceptors (Lipinski definition) is 3. The number of aryl methyl sites for hydroxylation is 1. The average Bonchev–Trinajstić information content (AvgIpc) is 3.04. The minimum atomic E-state index is 0.780. The molecule has 0 atom stereocenters. The van der Waals surface area contributed by atoms with E-state index in [9.17, 15) is 0 Å². The van der Waals surface area contributed by atoms with Gasteiger partial charge in [0.05, 0.1) is 17.5 Å². The van der Waals surface area contributed by atoms with E-state index in [1.54, 1.807) is 6.26 Å². The van der Waals surface area contributed by atoms with Gasteiger partial charge in [0.2, 0.25) is 0 Å². The standard InChI is InChI=1S/C15H17N3O/c1-18-15-7-3-2-6-13(15)14(17-18)11-16-9-8-12-5-4-10-19-12/h2-7,10,16H,8-9,11H2,1H3. The van der Waals surface area contributed by atoms with Gasteiger partial charge >= 0.3 is 0 Å². The molecule has 4 nitrogen and oxygen atoms in total.